The van der Waals surface area contributed by atoms with Gasteiger partial charge in [-0.25, -0.2) is 0 Å². The molecule has 1 atom stereocenters. The standard InChI is InChI=1S/C15H25NO2/c1-5-13(16)12-8-6-7-9-14(12)17-10-11-18-15(2,3)4/h6-9,13H,5,10-11,16H2,1-4H3. The Hall–Kier alpha value is -1.06. The first-order valence-corrected chi connectivity index (χ1v) is 6.55. The van der Waals surface area contributed by atoms with Crippen LogP contribution >= 0.6 is 0 Å². The Morgan fingerprint density at radius 3 is 2.44 bits per heavy atom. The van der Waals surface area contributed by atoms with E-state index in [9.17, 15) is 0 Å². The van der Waals surface area contributed by atoms with E-state index in [1.54, 1.807) is 0 Å². The van der Waals surface area contributed by atoms with Gasteiger partial charge in [0, 0.05) is 11.6 Å². The molecule has 0 spiro atoms. The molecule has 0 amide bonds. The fraction of sp³-hybridized carbons (Fsp3) is 0.600. The van der Waals surface area contributed by atoms with Crippen molar-refractivity contribution in [3.05, 3.63) is 29.8 Å². The first-order valence-electron chi connectivity index (χ1n) is 6.55. The number of nitrogens with two attached hydrogens (primary N) is 1. The van der Waals surface area contributed by atoms with Gasteiger partial charge in [0.1, 0.15) is 12.4 Å². The van der Waals surface area contributed by atoms with E-state index in [2.05, 4.69) is 6.92 Å². The molecule has 1 rings (SSSR count). The molecular weight excluding hydrogens is 226 g/mol. The van der Waals surface area contributed by atoms with Gasteiger partial charge in [0.15, 0.2) is 0 Å². The third kappa shape index (κ3) is 5.07. The van der Waals surface area contributed by atoms with Crippen molar-refractivity contribution in [2.24, 2.45) is 5.73 Å². The van der Waals surface area contributed by atoms with Crippen LogP contribution in [0.1, 0.15) is 45.7 Å². The molecule has 1 aromatic rings. The number of benzene rings is 1. The average molecular weight is 251 g/mol. The molecule has 0 saturated carbocycles. The highest BCUT2D eigenvalue weighted by Crippen LogP contribution is 2.25. The lowest BCUT2D eigenvalue weighted by atomic mass is 10.0. The van der Waals surface area contributed by atoms with Crippen molar-refractivity contribution in [2.75, 3.05) is 13.2 Å². The maximum atomic E-state index is 6.06. The minimum absolute atomic E-state index is 0.0322. The Morgan fingerprint density at radius 2 is 1.83 bits per heavy atom. The number of rotatable bonds is 6. The SMILES string of the molecule is CCC(N)c1ccccc1OCCOC(C)(C)C. The van der Waals surface area contributed by atoms with E-state index in [0.29, 0.717) is 13.2 Å². The van der Waals surface area contributed by atoms with E-state index in [-0.39, 0.29) is 11.6 Å². The topological polar surface area (TPSA) is 44.5 Å². The number of para-hydroxylation sites is 1. The predicted molar refractivity (Wildman–Crippen MR) is 74.9 cm³/mol. The molecule has 0 aliphatic rings. The summed E-state index contributed by atoms with van der Waals surface area (Å²) in [7, 11) is 0. The Kier molecular flexibility index (Phi) is 5.63. The molecule has 0 radical (unpaired) electrons. The van der Waals surface area contributed by atoms with Crippen LogP contribution in [0.2, 0.25) is 0 Å². The Bertz CT molecular complexity index is 358. The minimum atomic E-state index is -0.122. The summed E-state index contributed by atoms with van der Waals surface area (Å²) in [5, 5.41) is 0. The van der Waals surface area contributed by atoms with Gasteiger partial charge < -0.3 is 15.2 Å². The zero-order chi connectivity index (χ0) is 13.6. The predicted octanol–water partition coefficient (Wildman–Crippen LogP) is 3.29. The Balaban J connectivity index is 2.52. The van der Waals surface area contributed by atoms with Gasteiger partial charge >= 0.3 is 0 Å². The van der Waals surface area contributed by atoms with Crippen LogP contribution in [0.25, 0.3) is 0 Å². The second-order valence-electron chi connectivity index (χ2n) is 5.36. The van der Waals surface area contributed by atoms with Crippen LogP contribution in [-0.2, 0) is 4.74 Å². The van der Waals surface area contributed by atoms with Crippen molar-refractivity contribution < 1.29 is 9.47 Å². The van der Waals surface area contributed by atoms with Gasteiger partial charge in [-0.3, -0.25) is 0 Å². The highest BCUT2D eigenvalue weighted by Gasteiger charge is 2.11. The maximum Gasteiger partial charge on any atom is 0.124 e. The molecule has 1 unspecified atom stereocenters. The summed E-state index contributed by atoms with van der Waals surface area (Å²) in [6, 6.07) is 7.97. The molecular formula is C15H25NO2. The summed E-state index contributed by atoms with van der Waals surface area (Å²) < 4.78 is 11.4. The van der Waals surface area contributed by atoms with E-state index in [1.165, 1.54) is 0 Å². The van der Waals surface area contributed by atoms with Crippen molar-refractivity contribution in [3.63, 3.8) is 0 Å². The van der Waals surface area contributed by atoms with Crippen molar-refractivity contribution in [1.29, 1.82) is 0 Å². The van der Waals surface area contributed by atoms with E-state index >= 15 is 0 Å². The largest absolute Gasteiger partial charge is 0.491 e. The lowest BCUT2D eigenvalue weighted by molar-refractivity contribution is -0.0164. The first-order chi connectivity index (χ1) is 8.44. The van der Waals surface area contributed by atoms with Crippen LogP contribution in [0, 0.1) is 0 Å². The summed E-state index contributed by atoms with van der Waals surface area (Å²) >= 11 is 0. The van der Waals surface area contributed by atoms with Gasteiger partial charge in [-0.2, -0.15) is 0 Å². The Morgan fingerprint density at radius 1 is 1.17 bits per heavy atom. The minimum Gasteiger partial charge on any atom is -0.491 e. The van der Waals surface area contributed by atoms with Crippen LogP contribution in [0.15, 0.2) is 24.3 Å². The lowest BCUT2D eigenvalue weighted by Crippen LogP contribution is -2.22. The quantitative estimate of drug-likeness (QED) is 0.789. The van der Waals surface area contributed by atoms with Crippen LogP contribution < -0.4 is 10.5 Å². The van der Waals surface area contributed by atoms with Crippen molar-refractivity contribution in [3.8, 4) is 5.75 Å². The van der Waals surface area contributed by atoms with E-state index in [0.717, 1.165) is 17.7 Å². The van der Waals surface area contributed by atoms with Gasteiger partial charge in [-0.1, -0.05) is 25.1 Å². The summed E-state index contributed by atoms with van der Waals surface area (Å²) in [6.45, 7) is 9.31. The maximum absolute atomic E-state index is 6.06. The normalized spacial score (nSPS) is 13.4. The van der Waals surface area contributed by atoms with Gasteiger partial charge in [0.2, 0.25) is 0 Å². The fourth-order valence-corrected chi connectivity index (χ4v) is 1.64. The Labute approximate surface area is 110 Å². The van der Waals surface area contributed by atoms with Crippen LogP contribution in [-0.4, -0.2) is 18.8 Å². The molecule has 0 aliphatic carbocycles. The van der Waals surface area contributed by atoms with Gasteiger partial charge in [0.25, 0.3) is 0 Å². The van der Waals surface area contributed by atoms with Crippen molar-refractivity contribution >= 4 is 0 Å². The number of hydrogen-bond acceptors (Lipinski definition) is 3. The van der Waals surface area contributed by atoms with Gasteiger partial charge in [-0.15, -0.1) is 0 Å². The molecule has 0 aromatic heterocycles. The molecule has 2 N–H and O–H groups in total. The molecule has 102 valence electrons. The zero-order valence-corrected chi connectivity index (χ0v) is 11.9. The van der Waals surface area contributed by atoms with Gasteiger partial charge in [-0.05, 0) is 33.3 Å². The van der Waals surface area contributed by atoms with Crippen molar-refractivity contribution in [2.45, 2.75) is 45.8 Å². The molecule has 3 nitrogen and oxygen atoms in total. The smallest absolute Gasteiger partial charge is 0.124 e. The number of hydrogen-bond donors (Lipinski definition) is 1. The summed E-state index contributed by atoms with van der Waals surface area (Å²) in [5.74, 6) is 0.865. The van der Waals surface area contributed by atoms with E-state index in [4.69, 9.17) is 15.2 Å². The van der Waals surface area contributed by atoms with Crippen LogP contribution in [0.4, 0.5) is 0 Å². The third-order valence-corrected chi connectivity index (χ3v) is 2.63. The molecule has 0 heterocycles. The summed E-state index contributed by atoms with van der Waals surface area (Å²) in [6.07, 6.45) is 0.902. The highest BCUT2D eigenvalue weighted by molar-refractivity contribution is 5.35. The average Bonchev–Trinajstić information content (AvgIpc) is 2.33. The summed E-state index contributed by atoms with van der Waals surface area (Å²) in [5.41, 5.74) is 7.00. The fourth-order valence-electron chi connectivity index (χ4n) is 1.64. The highest BCUT2D eigenvalue weighted by atomic mass is 16.5. The van der Waals surface area contributed by atoms with Crippen LogP contribution in [0.5, 0.6) is 5.75 Å². The molecule has 0 bridgehead atoms. The monoisotopic (exact) mass is 251 g/mol. The van der Waals surface area contributed by atoms with E-state index in [1.807, 2.05) is 45.0 Å². The van der Waals surface area contributed by atoms with Crippen LogP contribution in [0.3, 0.4) is 0 Å². The molecule has 3 heteroatoms. The van der Waals surface area contributed by atoms with Crippen molar-refractivity contribution in [1.82, 2.24) is 0 Å². The summed E-state index contributed by atoms with van der Waals surface area (Å²) in [4.78, 5) is 0. The number of ether oxygens (including phenoxy) is 2. The first kappa shape index (κ1) is 15.0. The lowest BCUT2D eigenvalue weighted by Gasteiger charge is -2.20. The van der Waals surface area contributed by atoms with Gasteiger partial charge in [0.05, 0.1) is 12.2 Å². The molecule has 0 fully saturated rings. The molecule has 0 aliphatic heterocycles. The van der Waals surface area contributed by atoms with E-state index < -0.39 is 0 Å². The second kappa shape index (κ2) is 6.76. The molecule has 18 heavy (non-hydrogen) atoms. The molecule has 0 saturated heterocycles. The zero-order valence-electron chi connectivity index (χ0n) is 11.9. The second-order valence-corrected chi connectivity index (χ2v) is 5.36. The third-order valence-electron chi connectivity index (χ3n) is 2.63. The molecule has 1 aromatic carbocycles.